The summed E-state index contributed by atoms with van der Waals surface area (Å²) in [4.78, 5) is 21.7. The standard InChI is InChI=1S/C12H14NO3/c1-9-5-3-4-6-11(9)7-13-12(15)8-16-10(2)14/h3-7H,8H2,1-2H3,(H,13,15). The fraction of sp³-hybridized carbons (Fsp3) is 0.250. The smallest absolute Gasteiger partial charge is 0.303 e. The molecular weight excluding hydrogens is 206 g/mol. The van der Waals surface area contributed by atoms with Crippen molar-refractivity contribution >= 4 is 11.9 Å². The quantitative estimate of drug-likeness (QED) is 0.775. The van der Waals surface area contributed by atoms with Crippen LogP contribution in [0.5, 0.6) is 0 Å². The van der Waals surface area contributed by atoms with E-state index in [1.54, 1.807) is 6.54 Å². The van der Waals surface area contributed by atoms with Crippen LogP contribution >= 0.6 is 0 Å². The molecule has 4 heteroatoms. The molecule has 85 valence electrons. The third-order valence-corrected chi connectivity index (χ3v) is 1.98. The maximum atomic E-state index is 11.2. The number of esters is 1. The van der Waals surface area contributed by atoms with Crippen LogP contribution in [0.15, 0.2) is 24.3 Å². The van der Waals surface area contributed by atoms with E-state index < -0.39 is 5.97 Å². The Hall–Kier alpha value is -1.84. The lowest BCUT2D eigenvalue weighted by molar-refractivity contribution is -0.146. The molecule has 16 heavy (non-hydrogen) atoms. The van der Waals surface area contributed by atoms with E-state index in [2.05, 4.69) is 10.1 Å². The highest BCUT2D eigenvalue weighted by atomic mass is 16.5. The number of carbonyl (C=O) groups excluding carboxylic acids is 2. The first-order valence-electron chi connectivity index (χ1n) is 4.91. The number of nitrogens with one attached hydrogen (secondary N) is 1. The highest BCUT2D eigenvalue weighted by Crippen LogP contribution is 2.07. The lowest BCUT2D eigenvalue weighted by atomic mass is 10.1. The van der Waals surface area contributed by atoms with E-state index in [1.807, 2.05) is 31.2 Å². The Labute approximate surface area is 94.6 Å². The maximum Gasteiger partial charge on any atom is 0.303 e. The number of carbonyl (C=O) groups is 2. The number of aryl methyl sites for hydroxylation is 1. The van der Waals surface area contributed by atoms with Gasteiger partial charge in [-0.2, -0.15) is 0 Å². The largest absolute Gasteiger partial charge is 0.456 e. The summed E-state index contributed by atoms with van der Waals surface area (Å²) in [7, 11) is 0. The Kier molecular flexibility index (Phi) is 4.51. The minimum absolute atomic E-state index is 0.252. The van der Waals surface area contributed by atoms with Crippen molar-refractivity contribution in [2.75, 3.05) is 6.61 Å². The molecule has 0 atom stereocenters. The number of hydrogen-bond acceptors (Lipinski definition) is 3. The van der Waals surface area contributed by atoms with E-state index in [0.717, 1.165) is 11.1 Å². The van der Waals surface area contributed by atoms with Gasteiger partial charge in [-0.05, 0) is 18.1 Å². The normalized spacial score (nSPS) is 9.62. The molecule has 0 fully saturated rings. The van der Waals surface area contributed by atoms with Crippen molar-refractivity contribution in [3.63, 3.8) is 0 Å². The molecule has 1 N–H and O–H groups in total. The highest BCUT2D eigenvalue weighted by Gasteiger charge is 2.04. The molecule has 0 saturated carbocycles. The van der Waals surface area contributed by atoms with Gasteiger partial charge >= 0.3 is 5.97 Å². The van der Waals surface area contributed by atoms with Crippen molar-refractivity contribution in [3.8, 4) is 0 Å². The van der Waals surface area contributed by atoms with Crippen LogP contribution < -0.4 is 5.32 Å². The van der Waals surface area contributed by atoms with Crippen LogP contribution in [-0.4, -0.2) is 18.5 Å². The summed E-state index contributed by atoms with van der Waals surface area (Å²) in [6.45, 7) is 4.56. The van der Waals surface area contributed by atoms with Crippen molar-refractivity contribution in [2.24, 2.45) is 0 Å². The van der Waals surface area contributed by atoms with Crippen LogP contribution in [0.4, 0.5) is 0 Å². The summed E-state index contributed by atoms with van der Waals surface area (Å²) in [5, 5.41) is 2.55. The average molecular weight is 220 g/mol. The first kappa shape index (κ1) is 12.2. The van der Waals surface area contributed by atoms with Crippen LogP contribution in [-0.2, 0) is 14.3 Å². The molecule has 0 aliphatic heterocycles. The van der Waals surface area contributed by atoms with Crippen molar-refractivity contribution in [1.82, 2.24) is 5.32 Å². The maximum absolute atomic E-state index is 11.2. The minimum Gasteiger partial charge on any atom is -0.456 e. The van der Waals surface area contributed by atoms with Crippen LogP contribution in [0, 0.1) is 13.5 Å². The second-order valence-corrected chi connectivity index (χ2v) is 3.35. The predicted molar refractivity (Wildman–Crippen MR) is 59.4 cm³/mol. The van der Waals surface area contributed by atoms with Gasteiger partial charge in [0.05, 0.1) is 6.54 Å². The molecule has 0 aliphatic rings. The summed E-state index contributed by atoms with van der Waals surface area (Å²) in [6, 6.07) is 7.65. The highest BCUT2D eigenvalue weighted by molar-refractivity contribution is 5.80. The monoisotopic (exact) mass is 220 g/mol. The molecule has 0 bridgehead atoms. The van der Waals surface area contributed by atoms with E-state index in [4.69, 9.17) is 0 Å². The molecule has 1 radical (unpaired) electrons. The van der Waals surface area contributed by atoms with Gasteiger partial charge in [0, 0.05) is 6.92 Å². The number of benzene rings is 1. The fourth-order valence-corrected chi connectivity index (χ4v) is 1.12. The average Bonchev–Trinajstić information content (AvgIpc) is 2.25. The number of ether oxygens (including phenoxy) is 1. The second kappa shape index (κ2) is 5.90. The molecule has 1 amide bonds. The van der Waals surface area contributed by atoms with Gasteiger partial charge in [0.1, 0.15) is 0 Å². The molecule has 0 heterocycles. The van der Waals surface area contributed by atoms with Gasteiger partial charge in [0.25, 0.3) is 5.91 Å². The Morgan fingerprint density at radius 3 is 2.69 bits per heavy atom. The van der Waals surface area contributed by atoms with E-state index in [9.17, 15) is 9.59 Å². The Bertz CT molecular complexity index is 388. The van der Waals surface area contributed by atoms with E-state index in [1.165, 1.54) is 6.92 Å². The van der Waals surface area contributed by atoms with Crippen LogP contribution in [0.3, 0.4) is 0 Å². The first-order valence-corrected chi connectivity index (χ1v) is 4.91. The number of amides is 1. The zero-order chi connectivity index (χ0) is 12.0. The zero-order valence-corrected chi connectivity index (χ0v) is 9.32. The summed E-state index contributed by atoms with van der Waals surface area (Å²) < 4.78 is 4.55. The number of hydrogen-bond donors (Lipinski definition) is 1. The van der Waals surface area contributed by atoms with Gasteiger partial charge in [0.2, 0.25) is 0 Å². The van der Waals surface area contributed by atoms with Gasteiger partial charge in [0.15, 0.2) is 6.61 Å². The molecule has 0 unspecified atom stereocenters. The van der Waals surface area contributed by atoms with Crippen molar-refractivity contribution in [3.05, 3.63) is 41.9 Å². The van der Waals surface area contributed by atoms with E-state index in [-0.39, 0.29) is 12.5 Å². The third kappa shape index (κ3) is 4.13. The zero-order valence-electron chi connectivity index (χ0n) is 9.32. The Morgan fingerprint density at radius 1 is 1.38 bits per heavy atom. The molecule has 1 rings (SSSR count). The van der Waals surface area contributed by atoms with Crippen LogP contribution in [0.1, 0.15) is 18.1 Å². The van der Waals surface area contributed by atoms with Gasteiger partial charge < -0.3 is 10.1 Å². The fourth-order valence-electron chi connectivity index (χ4n) is 1.12. The molecule has 4 nitrogen and oxygen atoms in total. The van der Waals surface area contributed by atoms with Crippen molar-refractivity contribution in [2.45, 2.75) is 13.8 Å². The first-order chi connectivity index (χ1) is 7.59. The summed E-state index contributed by atoms with van der Waals surface area (Å²) in [6.07, 6.45) is 0. The predicted octanol–water partition coefficient (Wildman–Crippen LogP) is 1.18. The Balaban J connectivity index is 2.37. The van der Waals surface area contributed by atoms with Gasteiger partial charge in [-0.25, -0.2) is 0 Å². The summed E-state index contributed by atoms with van der Waals surface area (Å²) in [5.74, 6) is -0.815. The molecule has 0 aliphatic carbocycles. The van der Waals surface area contributed by atoms with Crippen LogP contribution in [0.2, 0.25) is 0 Å². The summed E-state index contributed by atoms with van der Waals surface area (Å²) >= 11 is 0. The van der Waals surface area contributed by atoms with Gasteiger partial charge in [-0.15, -0.1) is 0 Å². The molecule has 0 spiro atoms. The molecule has 0 aromatic heterocycles. The van der Waals surface area contributed by atoms with Gasteiger partial charge in [-0.1, -0.05) is 24.3 Å². The van der Waals surface area contributed by atoms with Crippen molar-refractivity contribution in [1.29, 1.82) is 0 Å². The van der Waals surface area contributed by atoms with Crippen LogP contribution in [0.25, 0.3) is 0 Å². The summed E-state index contributed by atoms with van der Waals surface area (Å²) in [5.41, 5.74) is 1.99. The molecule has 1 aromatic rings. The number of rotatable bonds is 4. The van der Waals surface area contributed by atoms with Gasteiger partial charge in [-0.3, -0.25) is 9.59 Å². The topological polar surface area (TPSA) is 55.4 Å². The SMILES string of the molecule is CC(=O)OCC(=O)N[CH]c1ccccc1C. The molecule has 0 saturated heterocycles. The lowest BCUT2D eigenvalue weighted by Crippen LogP contribution is -2.26. The van der Waals surface area contributed by atoms with Crippen molar-refractivity contribution < 1.29 is 14.3 Å². The second-order valence-electron chi connectivity index (χ2n) is 3.35. The minimum atomic E-state index is -0.467. The molecular formula is C12H14NO3. The lowest BCUT2D eigenvalue weighted by Gasteiger charge is -2.06. The van der Waals surface area contributed by atoms with E-state index in [0.29, 0.717) is 0 Å². The third-order valence-electron chi connectivity index (χ3n) is 1.98. The Morgan fingerprint density at radius 2 is 2.06 bits per heavy atom. The molecule has 1 aromatic carbocycles. The van der Waals surface area contributed by atoms with E-state index >= 15 is 0 Å².